The maximum atomic E-state index is 14.6. The molecular formula is C35H34F3IN4O7. The molecule has 5 amide bonds. The minimum absolute atomic E-state index is 0.0630. The van der Waals surface area contributed by atoms with E-state index in [1.807, 2.05) is 22.6 Å². The fourth-order valence-corrected chi connectivity index (χ4v) is 6.10. The number of benzene rings is 3. The van der Waals surface area contributed by atoms with Gasteiger partial charge in [0.1, 0.15) is 11.9 Å². The van der Waals surface area contributed by atoms with Gasteiger partial charge in [-0.3, -0.25) is 39.0 Å². The van der Waals surface area contributed by atoms with Crippen LogP contribution in [0.25, 0.3) is 0 Å². The smallest absolute Gasteiger partial charge is 0.277 e. The highest BCUT2D eigenvalue weighted by Gasteiger charge is 2.44. The Hall–Kier alpha value is -4.35. The molecule has 11 nitrogen and oxygen atoms in total. The predicted molar refractivity (Wildman–Crippen MR) is 183 cm³/mol. The Labute approximate surface area is 299 Å². The molecule has 0 aliphatic carbocycles. The summed E-state index contributed by atoms with van der Waals surface area (Å²) in [6.45, 7) is 1.23. The van der Waals surface area contributed by atoms with E-state index in [2.05, 4.69) is 16.1 Å². The van der Waals surface area contributed by atoms with Crippen LogP contribution < -0.4 is 16.1 Å². The van der Waals surface area contributed by atoms with Crippen LogP contribution >= 0.6 is 22.6 Å². The fraction of sp³-hybridized carbons (Fsp3) is 0.343. The van der Waals surface area contributed by atoms with Crippen LogP contribution in [0.2, 0.25) is 0 Å². The van der Waals surface area contributed by atoms with Crippen molar-refractivity contribution in [1.82, 2.24) is 15.7 Å². The van der Waals surface area contributed by atoms with Crippen molar-refractivity contribution in [3.63, 3.8) is 0 Å². The number of hydroxylamine groups is 1. The number of aryl methyl sites for hydroxylation is 1. The number of imide groups is 2. The third kappa shape index (κ3) is 8.86. The van der Waals surface area contributed by atoms with Crippen LogP contribution in [0.1, 0.15) is 81.6 Å². The lowest BCUT2D eigenvalue weighted by Crippen LogP contribution is -2.54. The lowest BCUT2D eigenvalue weighted by atomic mass is 10.0. The number of carbonyl (C=O) groups excluding carboxylic acids is 5. The molecule has 0 spiro atoms. The van der Waals surface area contributed by atoms with Gasteiger partial charge in [-0.2, -0.15) is 0 Å². The van der Waals surface area contributed by atoms with E-state index in [4.69, 9.17) is 9.57 Å². The number of nitrogens with one attached hydrogen (secondary N) is 3. The number of amides is 5. The van der Waals surface area contributed by atoms with Gasteiger partial charge in [-0.05, 0) is 103 Å². The summed E-state index contributed by atoms with van der Waals surface area (Å²) in [5, 5.41) is 4.65. The van der Waals surface area contributed by atoms with Gasteiger partial charge in [0.05, 0.1) is 34.7 Å². The zero-order valence-electron chi connectivity index (χ0n) is 26.8. The minimum Gasteiger partial charge on any atom is -0.381 e. The Kier molecular flexibility index (Phi) is 12.6. The molecule has 1 unspecified atom stereocenters. The quantitative estimate of drug-likeness (QED) is 0.0722. The molecule has 1 fully saturated rings. The van der Waals surface area contributed by atoms with Gasteiger partial charge < -0.3 is 10.1 Å². The topological polar surface area (TPSA) is 143 Å². The Morgan fingerprint density at radius 1 is 0.860 bits per heavy atom. The first-order chi connectivity index (χ1) is 24.0. The van der Waals surface area contributed by atoms with Crippen LogP contribution in [0, 0.1) is 21.0 Å². The first kappa shape index (κ1) is 36.9. The highest BCUT2D eigenvalue weighted by Crippen LogP contribution is 2.30. The number of fused-ring (bicyclic) bond motifs is 1. The highest BCUT2D eigenvalue weighted by atomic mass is 127. The summed E-state index contributed by atoms with van der Waals surface area (Å²) in [5.41, 5.74) is 2.70. The highest BCUT2D eigenvalue weighted by molar-refractivity contribution is 14.1. The van der Waals surface area contributed by atoms with Crippen molar-refractivity contribution in [1.29, 1.82) is 0 Å². The number of nitrogens with zero attached hydrogens (tertiary/aromatic N) is 1. The molecule has 0 bridgehead atoms. The van der Waals surface area contributed by atoms with Crippen LogP contribution in [-0.2, 0) is 25.6 Å². The summed E-state index contributed by atoms with van der Waals surface area (Å²) in [5.74, 6) is -6.17. The average Bonchev–Trinajstić information content (AvgIpc) is 3.33. The SMILES string of the molecule is O=C1CCC(N2C(=O)c3ccc(CCCOCCCCCCONC(=O)c4ccc(F)c(F)c4Nc4ccc(I)cc4F)cc3C2=O)C(=O)N1. The van der Waals surface area contributed by atoms with Crippen molar-refractivity contribution in [3.8, 4) is 0 Å². The number of rotatable bonds is 16. The standard InChI is InChI=1S/C35H34F3IN4O7/c36-25-11-10-23(31(30(25)38)40-27-12-8-21(39)19-26(27)37)32(45)42-50-17-4-2-1-3-15-49-16-5-6-20-7-9-22-24(18-20)35(48)43(34(22)47)28-13-14-29(44)41-33(28)46/h7-12,18-19,28,40H,1-6,13-17H2,(H,42,45)(H,41,44,46). The van der Waals surface area contributed by atoms with Crippen LogP contribution in [0.15, 0.2) is 48.5 Å². The first-order valence-corrected chi connectivity index (χ1v) is 17.2. The molecule has 3 aromatic carbocycles. The van der Waals surface area contributed by atoms with E-state index in [1.54, 1.807) is 24.3 Å². The molecule has 0 saturated carbocycles. The largest absolute Gasteiger partial charge is 0.381 e. The molecule has 0 aromatic heterocycles. The molecule has 2 aliphatic heterocycles. The molecule has 2 heterocycles. The molecule has 1 atom stereocenters. The van der Waals surface area contributed by atoms with Gasteiger partial charge in [0, 0.05) is 23.2 Å². The zero-order valence-corrected chi connectivity index (χ0v) is 28.9. The van der Waals surface area contributed by atoms with E-state index in [1.165, 1.54) is 12.1 Å². The maximum absolute atomic E-state index is 14.6. The van der Waals surface area contributed by atoms with Gasteiger partial charge in [-0.25, -0.2) is 18.7 Å². The number of unbranched alkanes of at least 4 members (excludes halogenated alkanes) is 3. The molecule has 1 saturated heterocycles. The Balaban J connectivity index is 0.951. The predicted octanol–water partition coefficient (Wildman–Crippen LogP) is 5.72. The van der Waals surface area contributed by atoms with Crippen molar-refractivity contribution >= 4 is 63.5 Å². The average molecular weight is 807 g/mol. The number of ether oxygens (including phenoxy) is 1. The number of hydrogen-bond donors (Lipinski definition) is 3. The number of halogens is 4. The van der Waals surface area contributed by atoms with Crippen molar-refractivity contribution in [2.24, 2.45) is 0 Å². The number of piperidine rings is 1. The molecule has 3 N–H and O–H groups in total. The third-order valence-corrected chi connectivity index (χ3v) is 8.91. The third-order valence-electron chi connectivity index (χ3n) is 8.24. The summed E-state index contributed by atoms with van der Waals surface area (Å²) in [4.78, 5) is 68.4. The van der Waals surface area contributed by atoms with Gasteiger partial charge in [0.2, 0.25) is 11.8 Å². The van der Waals surface area contributed by atoms with E-state index in [0.717, 1.165) is 41.9 Å². The number of carbonyl (C=O) groups is 5. The van der Waals surface area contributed by atoms with E-state index in [9.17, 15) is 37.1 Å². The maximum Gasteiger partial charge on any atom is 0.277 e. The van der Waals surface area contributed by atoms with E-state index < -0.39 is 58.7 Å². The van der Waals surface area contributed by atoms with Crippen molar-refractivity contribution < 1.29 is 46.7 Å². The summed E-state index contributed by atoms with van der Waals surface area (Å²) < 4.78 is 49.1. The van der Waals surface area contributed by atoms with E-state index in [-0.39, 0.29) is 41.8 Å². The van der Waals surface area contributed by atoms with Gasteiger partial charge in [0.25, 0.3) is 17.7 Å². The first-order valence-electron chi connectivity index (χ1n) is 16.1. The molecule has 15 heteroatoms. The van der Waals surface area contributed by atoms with Crippen molar-refractivity contribution in [3.05, 3.63) is 91.8 Å². The van der Waals surface area contributed by atoms with Crippen molar-refractivity contribution in [2.45, 2.75) is 57.4 Å². The van der Waals surface area contributed by atoms with Crippen LogP contribution in [-0.4, -0.2) is 60.3 Å². The summed E-state index contributed by atoms with van der Waals surface area (Å²) in [6.07, 6.45) is 4.55. The van der Waals surface area contributed by atoms with Gasteiger partial charge in [-0.1, -0.05) is 18.9 Å². The molecule has 3 aromatic rings. The summed E-state index contributed by atoms with van der Waals surface area (Å²) in [7, 11) is 0. The second-order valence-electron chi connectivity index (χ2n) is 11.8. The van der Waals surface area contributed by atoms with Gasteiger partial charge in [-0.15, -0.1) is 0 Å². The minimum atomic E-state index is -1.32. The zero-order chi connectivity index (χ0) is 35.8. The normalized spacial score (nSPS) is 15.7. The van der Waals surface area contributed by atoms with E-state index in [0.29, 0.717) is 36.0 Å². The fourth-order valence-electron chi connectivity index (χ4n) is 5.65. The van der Waals surface area contributed by atoms with Gasteiger partial charge in [0.15, 0.2) is 11.6 Å². The van der Waals surface area contributed by atoms with E-state index >= 15 is 0 Å². The second kappa shape index (κ2) is 17.0. The summed E-state index contributed by atoms with van der Waals surface area (Å²) >= 11 is 1.91. The molecular weight excluding hydrogens is 772 g/mol. The van der Waals surface area contributed by atoms with Crippen molar-refractivity contribution in [2.75, 3.05) is 25.1 Å². The lowest BCUT2D eigenvalue weighted by Gasteiger charge is -2.27. The Bertz CT molecular complexity index is 1810. The monoisotopic (exact) mass is 806 g/mol. The molecule has 2 aliphatic rings. The Morgan fingerprint density at radius 3 is 2.36 bits per heavy atom. The second-order valence-corrected chi connectivity index (χ2v) is 13.0. The molecule has 50 heavy (non-hydrogen) atoms. The molecule has 0 radical (unpaired) electrons. The number of hydrogen-bond acceptors (Lipinski definition) is 8. The summed E-state index contributed by atoms with van der Waals surface area (Å²) in [6, 6.07) is 10.1. The van der Waals surface area contributed by atoms with Crippen LogP contribution in [0.4, 0.5) is 24.5 Å². The lowest BCUT2D eigenvalue weighted by molar-refractivity contribution is -0.136. The van der Waals surface area contributed by atoms with Crippen LogP contribution in [0.3, 0.4) is 0 Å². The molecule has 264 valence electrons. The molecule has 5 rings (SSSR count). The number of anilines is 2. The Morgan fingerprint density at radius 2 is 1.60 bits per heavy atom. The van der Waals surface area contributed by atoms with Crippen LogP contribution in [0.5, 0.6) is 0 Å². The van der Waals surface area contributed by atoms with Gasteiger partial charge >= 0.3 is 0 Å².